The van der Waals surface area contributed by atoms with E-state index >= 15 is 0 Å². The van der Waals surface area contributed by atoms with Crippen LogP contribution in [0.2, 0.25) is 0 Å². The summed E-state index contributed by atoms with van der Waals surface area (Å²) in [5.41, 5.74) is 0.0811. The first-order chi connectivity index (χ1) is 9.24. The third kappa shape index (κ3) is 10.4. The summed E-state index contributed by atoms with van der Waals surface area (Å²) in [6.07, 6.45) is 15.4. The van der Waals surface area contributed by atoms with Gasteiger partial charge in [-0.1, -0.05) is 42.5 Å². The first kappa shape index (κ1) is 16.5. The molecule has 100 valence electrons. The van der Waals surface area contributed by atoms with Crippen molar-refractivity contribution in [2.75, 3.05) is 6.61 Å². The van der Waals surface area contributed by atoms with E-state index in [0.717, 1.165) is 0 Å². The normalized spacial score (nSPS) is 11.4. The lowest BCUT2D eigenvalue weighted by atomic mass is 10.3. The Labute approximate surface area is 112 Å². The van der Waals surface area contributed by atoms with E-state index in [2.05, 4.69) is 0 Å². The van der Waals surface area contributed by atoms with Crippen LogP contribution in [0.15, 0.2) is 60.3 Å². The predicted octanol–water partition coefficient (Wildman–Crippen LogP) is 2.10. The molecule has 0 saturated carbocycles. The molecule has 0 aromatic rings. The Hall–Kier alpha value is -2.49. The van der Waals surface area contributed by atoms with Crippen LogP contribution in [0.25, 0.3) is 0 Å². The third-order valence-electron chi connectivity index (χ3n) is 1.75. The summed E-state index contributed by atoms with van der Waals surface area (Å²) in [6.45, 7) is 2.10. The lowest BCUT2D eigenvalue weighted by Crippen LogP contribution is -1.98. The van der Waals surface area contributed by atoms with E-state index < -0.39 is 0 Å². The average Bonchev–Trinajstić information content (AvgIpc) is 2.41. The van der Waals surface area contributed by atoms with Crippen molar-refractivity contribution in [1.82, 2.24) is 0 Å². The van der Waals surface area contributed by atoms with Gasteiger partial charge in [-0.2, -0.15) is 0 Å². The largest absolute Gasteiger partial charge is 0.463 e. The second-order valence-electron chi connectivity index (χ2n) is 3.17. The number of aldehydes is 2. The van der Waals surface area contributed by atoms with Crippen LogP contribution in [0.5, 0.6) is 0 Å². The molecule has 0 amide bonds. The molecule has 0 aliphatic carbocycles. The van der Waals surface area contributed by atoms with Gasteiger partial charge in [0.25, 0.3) is 0 Å². The molecule has 0 fully saturated rings. The first-order valence-electron chi connectivity index (χ1n) is 5.70. The Bertz CT molecular complexity index is 427. The van der Waals surface area contributed by atoms with E-state index in [-0.39, 0.29) is 11.5 Å². The van der Waals surface area contributed by atoms with Gasteiger partial charge in [0.15, 0.2) is 12.6 Å². The van der Waals surface area contributed by atoms with Crippen molar-refractivity contribution in [3.8, 4) is 0 Å². The molecule has 0 aromatic carbocycles. The van der Waals surface area contributed by atoms with Gasteiger partial charge in [-0.15, -0.1) is 0 Å². The van der Waals surface area contributed by atoms with Crippen LogP contribution in [0.3, 0.4) is 0 Å². The summed E-state index contributed by atoms with van der Waals surface area (Å²) < 4.78 is 4.69. The highest BCUT2D eigenvalue weighted by Crippen LogP contribution is 1.88. The lowest BCUT2D eigenvalue weighted by Gasteiger charge is -1.92. The number of hydrogen-bond donors (Lipinski definition) is 0. The minimum absolute atomic E-state index is 0.0811. The summed E-state index contributed by atoms with van der Waals surface area (Å²) in [4.78, 5) is 31.4. The van der Waals surface area contributed by atoms with Crippen molar-refractivity contribution >= 4 is 18.5 Å². The van der Waals surface area contributed by atoms with Gasteiger partial charge in [0.1, 0.15) is 0 Å². The van der Waals surface area contributed by atoms with Gasteiger partial charge in [0.2, 0.25) is 0 Å². The predicted molar refractivity (Wildman–Crippen MR) is 73.4 cm³/mol. The van der Waals surface area contributed by atoms with Crippen LogP contribution in [0.1, 0.15) is 6.92 Å². The number of carbonyl (C=O) groups is 3. The average molecular weight is 260 g/mol. The molecule has 0 rings (SSSR count). The fraction of sp³-hybridized carbons (Fsp3) is 0.133. The molecule has 0 bridgehead atoms. The number of esters is 1. The van der Waals surface area contributed by atoms with Crippen molar-refractivity contribution in [3.63, 3.8) is 0 Å². The maximum absolute atomic E-state index is 10.9. The Morgan fingerprint density at radius 2 is 1.42 bits per heavy atom. The highest BCUT2D eigenvalue weighted by atomic mass is 16.5. The Morgan fingerprint density at radius 1 is 0.895 bits per heavy atom. The van der Waals surface area contributed by atoms with Gasteiger partial charge in [0, 0.05) is 6.08 Å². The van der Waals surface area contributed by atoms with E-state index in [0.29, 0.717) is 19.2 Å². The van der Waals surface area contributed by atoms with Gasteiger partial charge >= 0.3 is 5.97 Å². The van der Waals surface area contributed by atoms with E-state index in [1.807, 2.05) is 0 Å². The number of rotatable bonds is 8. The molecule has 0 saturated heterocycles. The number of allylic oxidation sites excluding steroid dienone is 9. The second kappa shape index (κ2) is 12.0. The van der Waals surface area contributed by atoms with Crippen LogP contribution in [-0.4, -0.2) is 25.1 Å². The zero-order valence-corrected chi connectivity index (χ0v) is 10.7. The molecule has 0 heterocycles. The number of carbonyl (C=O) groups excluding carboxylic acids is 3. The molecule has 0 atom stereocenters. The highest BCUT2D eigenvalue weighted by Gasteiger charge is 1.89. The van der Waals surface area contributed by atoms with Gasteiger partial charge in [-0.3, -0.25) is 9.59 Å². The van der Waals surface area contributed by atoms with Gasteiger partial charge in [0.05, 0.1) is 12.2 Å². The maximum Gasteiger partial charge on any atom is 0.330 e. The molecule has 0 unspecified atom stereocenters. The fourth-order valence-electron chi connectivity index (χ4n) is 0.918. The fourth-order valence-corrected chi connectivity index (χ4v) is 0.918. The second-order valence-corrected chi connectivity index (χ2v) is 3.17. The summed E-state index contributed by atoms with van der Waals surface area (Å²) in [6, 6.07) is 0. The van der Waals surface area contributed by atoms with Crippen LogP contribution >= 0.6 is 0 Å². The molecule has 4 nitrogen and oxygen atoms in total. The van der Waals surface area contributed by atoms with Gasteiger partial charge in [-0.05, 0) is 13.0 Å². The standard InChI is InChI=1S/C15H16O4/c1-2-19-15(18)11-9-7-5-3-4-6-8-10-14(12-16)13-17/h3-13H,2H2,1H3/b4-3+,7-5+,8-6+,11-9+. The van der Waals surface area contributed by atoms with E-state index in [1.165, 1.54) is 12.2 Å². The molecule has 0 aromatic heterocycles. The summed E-state index contributed by atoms with van der Waals surface area (Å²) in [5, 5.41) is 0. The molecule has 0 N–H and O–H groups in total. The number of hydrogen-bond acceptors (Lipinski definition) is 4. The van der Waals surface area contributed by atoms with Crippen molar-refractivity contribution in [3.05, 3.63) is 60.3 Å². The minimum Gasteiger partial charge on any atom is -0.463 e. The maximum atomic E-state index is 10.9. The summed E-state index contributed by atoms with van der Waals surface area (Å²) >= 11 is 0. The Kier molecular flexibility index (Phi) is 10.4. The zero-order chi connectivity index (χ0) is 14.3. The third-order valence-corrected chi connectivity index (χ3v) is 1.75. The molecule has 0 radical (unpaired) electrons. The number of ether oxygens (including phenoxy) is 1. The molecule has 4 heteroatoms. The Morgan fingerprint density at radius 3 is 1.95 bits per heavy atom. The van der Waals surface area contributed by atoms with Gasteiger partial charge < -0.3 is 4.74 Å². The van der Waals surface area contributed by atoms with Crippen LogP contribution in [-0.2, 0) is 19.1 Å². The van der Waals surface area contributed by atoms with Crippen molar-refractivity contribution in [2.45, 2.75) is 6.92 Å². The van der Waals surface area contributed by atoms with E-state index in [9.17, 15) is 14.4 Å². The van der Waals surface area contributed by atoms with Crippen LogP contribution in [0, 0.1) is 0 Å². The van der Waals surface area contributed by atoms with Crippen molar-refractivity contribution < 1.29 is 19.1 Å². The van der Waals surface area contributed by atoms with Crippen molar-refractivity contribution in [2.24, 2.45) is 0 Å². The smallest absolute Gasteiger partial charge is 0.330 e. The quantitative estimate of drug-likeness (QED) is 0.167. The monoisotopic (exact) mass is 260 g/mol. The molecule has 0 aliphatic heterocycles. The summed E-state index contributed by atoms with van der Waals surface area (Å²) in [5.74, 6) is -0.378. The van der Waals surface area contributed by atoms with Crippen LogP contribution in [0.4, 0.5) is 0 Å². The molecular weight excluding hydrogens is 244 g/mol. The first-order valence-corrected chi connectivity index (χ1v) is 5.70. The van der Waals surface area contributed by atoms with Gasteiger partial charge in [-0.25, -0.2) is 4.79 Å². The molecular formula is C15H16O4. The van der Waals surface area contributed by atoms with E-state index in [4.69, 9.17) is 4.74 Å². The zero-order valence-electron chi connectivity index (χ0n) is 10.7. The van der Waals surface area contributed by atoms with Crippen molar-refractivity contribution in [1.29, 1.82) is 0 Å². The molecule has 0 spiro atoms. The topological polar surface area (TPSA) is 60.4 Å². The molecule has 0 aliphatic rings. The van der Waals surface area contributed by atoms with E-state index in [1.54, 1.807) is 49.5 Å². The lowest BCUT2D eigenvalue weighted by molar-refractivity contribution is -0.137. The molecule has 19 heavy (non-hydrogen) atoms. The SMILES string of the molecule is CCOC(=O)/C=C/C=C/C=C/C=C/C=C(C=O)C=O. The minimum atomic E-state index is -0.378. The van der Waals surface area contributed by atoms with Crippen LogP contribution < -0.4 is 0 Å². The highest BCUT2D eigenvalue weighted by molar-refractivity contribution is 5.99. The Balaban J connectivity index is 4.06. The summed E-state index contributed by atoms with van der Waals surface area (Å²) in [7, 11) is 0.